The fourth-order valence-electron chi connectivity index (χ4n) is 2.96. The quantitative estimate of drug-likeness (QED) is 0.839. The highest BCUT2D eigenvalue weighted by Gasteiger charge is 2.29. The van der Waals surface area contributed by atoms with Gasteiger partial charge < -0.3 is 5.32 Å². The predicted molar refractivity (Wildman–Crippen MR) is 107 cm³/mol. The van der Waals surface area contributed by atoms with Crippen molar-refractivity contribution < 1.29 is 13.2 Å². The van der Waals surface area contributed by atoms with Gasteiger partial charge in [0.25, 0.3) is 0 Å². The molecule has 1 N–H and O–H groups in total. The van der Waals surface area contributed by atoms with Crippen LogP contribution in [0.2, 0.25) is 0 Å². The fourth-order valence-corrected chi connectivity index (χ4v) is 4.12. The summed E-state index contributed by atoms with van der Waals surface area (Å²) < 4.78 is 25.9. The molecule has 26 heavy (non-hydrogen) atoms. The van der Waals surface area contributed by atoms with E-state index in [1.807, 2.05) is 44.2 Å². The summed E-state index contributed by atoms with van der Waals surface area (Å²) >= 11 is 0. The van der Waals surface area contributed by atoms with Crippen LogP contribution in [-0.4, -0.2) is 26.6 Å². The molecule has 0 aliphatic rings. The highest BCUT2D eigenvalue weighted by Crippen LogP contribution is 2.24. The van der Waals surface area contributed by atoms with Gasteiger partial charge in [0, 0.05) is 5.69 Å². The van der Waals surface area contributed by atoms with Crippen molar-refractivity contribution in [3.63, 3.8) is 0 Å². The molecule has 140 valence electrons. The number of hydrogen-bond donors (Lipinski definition) is 1. The number of rotatable bonds is 6. The molecular formula is C20H26N2O3S. The van der Waals surface area contributed by atoms with Gasteiger partial charge in [0.1, 0.15) is 6.04 Å². The van der Waals surface area contributed by atoms with E-state index < -0.39 is 16.1 Å². The zero-order valence-corrected chi connectivity index (χ0v) is 16.7. The van der Waals surface area contributed by atoms with E-state index in [-0.39, 0.29) is 5.91 Å². The summed E-state index contributed by atoms with van der Waals surface area (Å²) in [4.78, 5) is 12.7. The number of anilines is 2. The molecule has 0 spiro atoms. The summed E-state index contributed by atoms with van der Waals surface area (Å²) in [6.07, 6.45) is 2.03. The van der Waals surface area contributed by atoms with Crippen LogP contribution < -0.4 is 9.62 Å². The Hall–Kier alpha value is -2.34. The number of aryl methyl sites for hydroxylation is 3. The minimum Gasteiger partial charge on any atom is -0.324 e. The van der Waals surface area contributed by atoms with E-state index in [4.69, 9.17) is 0 Å². The van der Waals surface area contributed by atoms with Gasteiger partial charge in [0.2, 0.25) is 15.9 Å². The van der Waals surface area contributed by atoms with Crippen LogP contribution in [0.1, 0.15) is 30.5 Å². The maximum atomic E-state index is 12.7. The summed E-state index contributed by atoms with van der Waals surface area (Å²) in [7, 11) is -3.63. The van der Waals surface area contributed by atoms with Crippen LogP contribution in [0.3, 0.4) is 0 Å². The van der Waals surface area contributed by atoms with Crippen molar-refractivity contribution in [3.8, 4) is 0 Å². The molecule has 2 aromatic rings. The van der Waals surface area contributed by atoms with E-state index in [2.05, 4.69) is 12.2 Å². The summed E-state index contributed by atoms with van der Waals surface area (Å²) in [5, 5.41) is 2.80. The zero-order valence-electron chi connectivity index (χ0n) is 15.9. The van der Waals surface area contributed by atoms with E-state index in [0.717, 1.165) is 23.8 Å². The third-order valence-corrected chi connectivity index (χ3v) is 5.42. The van der Waals surface area contributed by atoms with Crippen LogP contribution in [0, 0.1) is 13.8 Å². The van der Waals surface area contributed by atoms with Gasteiger partial charge >= 0.3 is 0 Å². The highest BCUT2D eigenvalue weighted by molar-refractivity contribution is 7.92. The molecule has 0 aliphatic heterocycles. The number of amides is 1. The molecular weight excluding hydrogens is 348 g/mol. The summed E-state index contributed by atoms with van der Waals surface area (Å²) in [5.74, 6) is -0.376. The molecule has 0 fully saturated rings. The maximum Gasteiger partial charge on any atom is 0.247 e. The first kappa shape index (κ1) is 20.0. The van der Waals surface area contributed by atoms with Gasteiger partial charge in [-0.2, -0.15) is 0 Å². The van der Waals surface area contributed by atoms with Gasteiger partial charge in [-0.1, -0.05) is 25.1 Å². The first-order chi connectivity index (χ1) is 12.1. The third-order valence-electron chi connectivity index (χ3n) is 4.18. The van der Waals surface area contributed by atoms with E-state index in [0.29, 0.717) is 11.4 Å². The number of nitrogens with one attached hydrogen (secondary N) is 1. The zero-order chi connectivity index (χ0) is 19.5. The van der Waals surface area contributed by atoms with Gasteiger partial charge in [-0.05, 0) is 68.1 Å². The Morgan fingerprint density at radius 3 is 2.08 bits per heavy atom. The molecule has 5 nitrogen and oxygen atoms in total. The molecule has 2 aromatic carbocycles. The Balaban J connectivity index is 2.31. The van der Waals surface area contributed by atoms with Crippen LogP contribution in [0.4, 0.5) is 11.4 Å². The Kier molecular flexibility index (Phi) is 6.08. The molecule has 0 aliphatic carbocycles. The van der Waals surface area contributed by atoms with Crippen molar-refractivity contribution in [2.24, 2.45) is 0 Å². The van der Waals surface area contributed by atoms with Crippen molar-refractivity contribution >= 4 is 27.3 Å². The smallest absolute Gasteiger partial charge is 0.247 e. The lowest BCUT2D eigenvalue weighted by molar-refractivity contribution is -0.116. The molecule has 6 heteroatoms. The molecule has 0 radical (unpaired) electrons. The van der Waals surface area contributed by atoms with Gasteiger partial charge in [-0.25, -0.2) is 8.42 Å². The van der Waals surface area contributed by atoms with Crippen molar-refractivity contribution in [2.75, 3.05) is 15.9 Å². The first-order valence-corrected chi connectivity index (χ1v) is 10.4. The molecule has 0 heterocycles. The van der Waals surface area contributed by atoms with E-state index in [9.17, 15) is 13.2 Å². The highest BCUT2D eigenvalue weighted by atomic mass is 32.2. The molecule has 1 amide bonds. The fraction of sp³-hybridized carbons (Fsp3) is 0.350. The van der Waals surface area contributed by atoms with Crippen molar-refractivity contribution in [1.29, 1.82) is 0 Å². The molecule has 0 aromatic heterocycles. The first-order valence-electron chi connectivity index (χ1n) is 8.59. The minimum atomic E-state index is -3.63. The SMILES string of the molecule is CCc1ccc(NC(=O)[C@H](C)N(c2cc(C)cc(C)c2)S(C)(=O)=O)cc1. The predicted octanol–water partition coefficient (Wildman–Crippen LogP) is 3.66. The Morgan fingerprint density at radius 2 is 1.62 bits per heavy atom. The Labute approximate surface area is 156 Å². The number of carbonyl (C=O) groups is 1. The van der Waals surface area contributed by atoms with Crippen molar-refractivity contribution in [1.82, 2.24) is 0 Å². The van der Waals surface area contributed by atoms with Crippen LogP contribution in [0.5, 0.6) is 0 Å². The molecule has 0 unspecified atom stereocenters. The summed E-state index contributed by atoms with van der Waals surface area (Å²) in [6, 6.07) is 12.2. The minimum absolute atomic E-state index is 0.376. The van der Waals surface area contributed by atoms with Crippen LogP contribution >= 0.6 is 0 Å². The van der Waals surface area contributed by atoms with E-state index in [1.165, 1.54) is 9.87 Å². The number of carbonyl (C=O) groups excluding carboxylic acids is 1. The molecule has 0 bridgehead atoms. The lowest BCUT2D eigenvalue weighted by atomic mass is 10.1. The normalized spacial score (nSPS) is 12.5. The third kappa shape index (κ3) is 4.85. The molecule has 2 rings (SSSR count). The lowest BCUT2D eigenvalue weighted by Gasteiger charge is -2.28. The largest absolute Gasteiger partial charge is 0.324 e. The van der Waals surface area contributed by atoms with Crippen molar-refractivity contribution in [2.45, 2.75) is 40.2 Å². The van der Waals surface area contributed by atoms with Crippen molar-refractivity contribution in [3.05, 3.63) is 59.2 Å². The second-order valence-electron chi connectivity index (χ2n) is 6.62. The number of hydrogen-bond acceptors (Lipinski definition) is 3. The average molecular weight is 375 g/mol. The topological polar surface area (TPSA) is 66.5 Å². The molecule has 1 atom stereocenters. The van der Waals surface area contributed by atoms with Gasteiger partial charge in [0.15, 0.2) is 0 Å². The standard InChI is InChI=1S/C20H26N2O3S/c1-6-17-7-9-18(10-8-17)21-20(23)16(4)22(26(5,24)25)19-12-14(2)11-15(3)13-19/h7-13,16H,6H2,1-5H3,(H,21,23)/t16-/m0/s1. The second kappa shape index (κ2) is 7.91. The molecule has 0 saturated carbocycles. The number of benzene rings is 2. The monoisotopic (exact) mass is 374 g/mol. The number of sulfonamides is 1. The Morgan fingerprint density at radius 1 is 1.08 bits per heavy atom. The lowest BCUT2D eigenvalue weighted by Crippen LogP contribution is -2.45. The van der Waals surface area contributed by atoms with Crippen LogP contribution in [-0.2, 0) is 21.2 Å². The number of nitrogens with zero attached hydrogens (tertiary/aromatic N) is 1. The van der Waals surface area contributed by atoms with Gasteiger partial charge in [0.05, 0.1) is 11.9 Å². The van der Waals surface area contributed by atoms with Gasteiger partial charge in [-0.15, -0.1) is 0 Å². The summed E-state index contributed by atoms with van der Waals surface area (Å²) in [5.41, 5.74) is 4.19. The maximum absolute atomic E-state index is 12.7. The summed E-state index contributed by atoms with van der Waals surface area (Å²) in [6.45, 7) is 7.45. The van der Waals surface area contributed by atoms with Crippen LogP contribution in [0.15, 0.2) is 42.5 Å². The second-order valence-corrected chi connectivity index (χ2v) is 8.48. The van der Waals surface area contributed by atoms with Crippen LogP contribution in [0.25, 0.3) is 0 Å². The average Bonchev–Trinajstić information content (AvgIpc) is 2.53. The van der Waals surface area contributed by atoms with E-state index >= 15 is 0 Å². The van der Waals surface area contributed by atoms with Gasteiger partial charge in [-0.3, -0.25) is 9.10 Å². The van der Waals surface area contributed by atoms with E-state index in [1.54, 1.807) is 19.1 Å². The molecule has 0 saturated heterocycles. The Bertz CT molecular complexity index is 870.